The van der Waals surface area contributed by atoms with Gasteiger partial charge in [-0.15, -0.1) is 0 Å². The van der Waals surface area contributed by atoms with Crippen molar-refractivity contribution in [2.24, 2.45) is 0 Å². The number of carbonyl (C=O) groups is 2. The van der Waals surface area contributed by atoms with Gasteiger partial charge in [-0.2, -0.15) is 0 Å². The van der Waals surface area contributed by atoms with Crippen molar-refractivity contribution in [1.82, 2.24) is 0 Å². The van der Waals surface area contributed by atoms with Gasteiger partial charge >= 0.3 is 19.8 Å². The minimum absolute atomic E-state index is 0.188. The summed E-state index contributed by atoms with van der Waals surface area (Å²) < 4.78 is 32.6. The molecule has 11 heteroatoms. The maximum absolute atomic E-state index is 12.6. The summed E-state index contributed by atoms with van der Waals surface area (Å²) in [6.45, 7) is 2.34. The SMILES string of the molecule is CCCC/C=C\CCCCCCCC(=O)OC[C@H](COP(=O)(O)OC[C@@H](O)CO)OC(=O)CCCCCCCCCCCCCCCCCC. The highest BCUT2D eigenvalue weighted by atomic mass is 31.2. The molecule has 3 N–H and O–H groups in total. The van der Waals surface area contributed by atoms with Crippen LogP contribution in [0.25, 0.3) is 0 Å². The van der Waals surface area contributed by atoms with E-state index in [1.165, 1.54) is 89.9 Å². The number of allylic oxidation sites excluding steroid dienone is 2. The van der Waals surface area contributed by atoms with Crippen LogP contribution in [0.5, 0.6) is 0 Å². The molecule has 0 heterocycles. The molecule has 0 bridgehead atoms. The van der Waals surface area contributed by atoms with Crippen molar-refractivity contribution in [3.8, 4) is 0 Å². The standard InChI is InChI=1S/C39H75O10P/c1-3-5-7-9-11-13-15-16-17-18-19-21-23-25-27-29-31-39(43)49-37(35-48-50(44,45)47-33-36(41)32-40)34-46-38(42)30-28-26-24-22-20-14-12-10-8-6-4-2/h10,12,36-37,40-41H,3-9,11,13-35H2,1-2H3,(H,44,45)/b12-10-/t36-,37+/m0/s1. The van der Waals surface area contributed by atoms with Gasteiger partial charge in [0.2, 0.25) is 0 Å². The van der Waals surface area contributed by atoms with Crippen molar-refractivity contribution in [2.45, 2.75) is 199 Å². The second-order valence-corrected chi connectivity index (χ2v) is 15.1. The predicted molar refractivity (Wildman–Crippen MR) is 201 cm³/mol. The van der Waals surface area contributed by atoms with Crippen LogP contribution in [0.1, 0.15) is 187 Å². The van der Waals surface area contributed by atoms with Gasteiger partial charge in [0.05, 0.1) is 19.8 Å². The molecule has 1 unspecified atom stereocenters. The van der Waals surface area contributed by atoms with Crippen LogP contribution in [-0.4, -0.2) is 65.7 Å². The number of hydrogen-bond acceptors (Lipinski definition) is 9. The van der Waals surface area contributed by atoms with Crippen LogP contribution in [0.3, 0.4) is 0 Å². The Morgan fingerprint density at radius 3 is 1.50 bits per heavy atom. The van der Waals surface area contributed by atoms with E-state index in [4.69, 9.17) is 19.1 Å². The fourth-order valence-corrected chi connectivity index (χ4v) is 6.29. The Labute approximate surface area is 305 Å². The second kappa shape index (κ2) is 36.1. The van der Waals surface area contributed by atoms with E-state index in [1.54, 1.807) is 0 Å². The van der Waals surface area contributed by atoms with Crippen molar-refractivity contribution in [2.75, 3.05) is 26.4 Å². The highest BCUT2D eigenvalue weighted by Crippen LogP contribution is 2.43. The van der Waals surface area contributed by atoms with Crippen LogP contribution in [0.15, 0.2) is 12.2 Å². The predicted octanol–water partition coefficient (Wildman–Crippen LogP) is 10.1. The summed E-state index contributed by atoms with van der Waals surface area (Å²) in [5.41, 5.74) is 0. The molecule has 0 amide bonds. The first-order valence-corrected chi connectivity index (χ1v) is 21.6. The van der Waals surface area contributed by atoms with E-state index < -0.39 is 51.8 Å². The first-order chi connectivity index (χ1) is 24.2. The highest BCUT2D eigenvalue weighted by Gasteiger charge is 2.27. The molecule has 0 aromatic rings. The first kappa shape index (κ1) is 48.7. The lowest BCUT2D eigenvalue weighted by Gasteiger charge is -2.20. The van der Waals surface area contributed by atoms with Gasteiger partial charge in [0.25, 0.3) is 0 Å². The topological polar surface area (TPSA) is 149 Å². The van der Waals surface area contributed by atoms with Gasteiger partial charge in [0.15, 0.2) is 6.10 Å². The molecule has 296 valence electrons. The lowest BCUT2D eigenvalue weighted by Crippen LogP contribution is -2.29. The Balaban J connectivity index is 4.30. The molecule has 0 saturated heterocycles. The van der Waals surface area contributed by atoms with Gasteiger partial charge < -0.3 is 24.6 Å². The molecule has 0 radical (unpaired) electrons. The van der Waals surface area contributed by atoms with E-state index >= 15 is 0 Å². The zero-order chi connectivity index (χ0) is 37.0. The number of aliphatic hydroxyl groups excluding tert-OH is 2. The van der Waals surface area contributed by atoms with E-state index in [2.05, 4.69) is 30.5 Å². The molecule has 0 fully saturated rings. The number of hydrogen-bond donors (Lipinski definition) is 3. The van der Waals surface area contributed by atoms with Gasteiger partial charge in [-0.25, -0.2) is 4.57 Å². The van der Waals surface area contributed by atoms with Crippen molar-refractivity contribution in [1.29, 1.82) is 0 Å². The lowest BCUT2D eigenvalue weighted by molar-refractivity contribution is -0.161. The average Bonchev–Trinajstić information content (AvgIpc) is 3.10. The lowest BCUT2D eigenvalue weighted by atomic mass is 10.0. The Morgan fingerprint density at radius 1 is 0.580 bits per heavy atom. The zero-order valence-electron chi connectivity index (χ0n) is 31.9. The van der Waals surface area contributed by atoms with Crippen molar-refractivity contribution in [3.63, 3.8) is 0 Å². The molecule has 50 heavy (non-hydrogen) atoms. The van der Waals surface area contributed by atoms with E-state index in [0.29, 0.717) is 12.8 Å². The third-order valence-electron chi connectivity index (χ3n) is 8.67. The molecule has 0 aliphatic heterocycles. The Hall–Kier alpha value is -1.29. The van der Waals surface area contributed by atoms with Crippen molar-refractivity contribution < 1.29 is 47.8 Å². The highest BCUT2D eigenvalue weighted by molar-refractivity contribution is 7.47. The number of rotatable bonds is 38. The van der Waals surface area contributed by atoms with E-state index in [1.807, 2.05) is 0 Å². The molecule has 0 aliphatic carbocycles. The molecule has 3 atom stereocenters. The first-order valence-electron chi connectivity index (χ1n) is 20.1. The Morgan fingerprint density at radius 2 is 1.00 bits per heavy atom. The second-order valence-electron chi connectivity index (χ2n) is 13.7. The van der Waals surface area contributed by atoms with Crippen LogP contribution in [0.2, 0.25) is 0 Å². The molecule has 0 rings (SSSR count). The van der Waals surface area contributed by atoms with Crippen LogP contribution in [0.4, 0.5) is 0 Å². The number of ether oxygens (including phenoxy) is 2. The van der Waals surface area contributed by atoms with Gasteiger partial charge in [-0.1, -0.05) is 154 Å². The van der Waals surface area contributed by atoms with Crippen LogP contribution < -0.4 is 0 Å². The molecule has 0 aromatic carbocycles. The minimum atomic E-state index is -4.61. The number of aliphatic hydroxyl groups is 2. The number of phosphoric acid groups is 1. The van der Waals surface area contributed by atoms with E-state index in [-0.39, 0.29) is 19.4 Å². The molecule has 0 aromatic heterocycles. The fourth-order valence-electron chi connectivity index (χ4n) is 5.50. The maximum Gasteiger partial charge on any atom is 0.472 e. The fraction of sp³-hybridized carbons (Fsp3) is 0.897. The number of unbranched alkanes of at least 4 members (excludes halogenated alkanes) is 22. The normalized spacial score (nSPS) is 14.1. The van der Waals surface area contributed by atoms with E-state index in [9.17, 15) is 24.2 Å². The minimum Gasteiger partial charge on any atom is -0.462 e. The quantitative estimate of drug-likeness (QED) is 0.0242. The summed E-state index contributed by atoms with van der Waals surface area (Å²) >= 11 is 0. The molecular weight excluding hydrogens is 659 g/mol. The summed E-state index contributed by atoms with van der Waals surface area (Å²) in [4.78, 5) is 34.8. The number of carbonyl (C=O) groups excluding carboxylic acids is 2. The van der Waals surface area contributed by atoms with Gasteiger partial charge in [0, 0.05) is 12.8 Å². The summed E-state index contributed by atoms with van der Waals surface area (Å²) in [5.74, 6) is -0.929. The third-order valence-corrected chi connectivity index (χ3v) is 9.62. The van der Waals surface area contributed by atoms with Crippen molar-refractivity contribution in [3.05, 3.63) is 12.2 Å². The molecule has 0 saturated carbocycles. The average molecular weight is 735 g/mol. The van der Waals surface area contributed by atoms with Gasteiger partial charge in [0.1, 0.15) is 12.7 Å². The van der Waals surface area contributed by atoms with Crippen LogP contribution >= 0.6 is 7.82 Å². The Bertz CT molecular complexity index is 853. The monoisotopic (exact) mass is 735 g/mol. The summed E-state index contributed by atoms with van der Waals surface area (Å²) in [6.07, 6.45) is 31.8. The summed E-state index contributed by atoms with van der Waals surface area (Å²) in [5, 5.41) is 18.3. The smallest absolute Gasteiger partial charge is 0.462 e. The van der Waals surface area contributed by atoms with Gasteiger partial charge in [-0.3, -0.25) is 18.6 Å². The zero-order valence-corrected chi connectivity index (χ0v) is 32.8. The summed E-state index contributed by atoms with van der Waals surface area (Å²) in [6, 6.07) is 0. The largest absolute Gasteiger partial charge is 0.472 e. The molecular formula is C39H75O10P. The number of esters is 2. The summed E-state index contributed by atoms with van der Waals surface area (Å²) in [7, 11) is -4.61. The maximum atomic E-state index is 12.6. The van der Waals surface area contributed by atoms with Crippen molar-refractivity contribution >= 4 is 19.8 Å². The molecule has 0 spiro atoms. The van der Waals surface area contributed by atoms with Crippen LogP contribution in [0, 0.1) is 0 Å². The third kappa shape index (κ3) is 35.1. The molecule has 10 nitrogen and oxygen atoms in total. The van der Waals surface area contributed by atoms with Crippen LogP contribution in [-0.2, 0) is 32.7 Å². The van der Waals surface area contributed by atoms with E-state index in [0.717, 1.165) is 57.8 Å². The Kier molecular flexibility index (Phi) is 35.2. The molecule has 0 aliphatic rings. The number of phosphoric ester groups is 1. The van der Waals surface area contributed by atoms with Gasteiger partial charge in [-0.05, 0) is 32.1 Å².